The average Bonchev–Trinajstić information content (AvgIpc) is 2.84. The molecular weight excluding hydrogens is 386 g/mol. The maximum atomic E-state index is 14.2. The lowest BCUT2D eigenvalue weighted by Gasteiger charge is -2.36. The molecule has 0 radical (unpaired) electrons. The van der Waals surface area contributed by atoms with Gasteiger partial charge in [0.1, 0.15) is 11.5 Å². The summed E-state index contributed by atoms with van der Waals surface area (Å²) < 4.78 is 5.01. The van der Waals surface area contributed by atoms with E-state index >= 15 is 0 Å². The molecule has 1 amide bonds. The van der Waals surface area contributed by atoms with Crippen molar-refractivity contribution in [1.29, 1.82) is 0 Å². The smallest absolute Gasteiger partial charge is 0.328 e. The molecule has 3 aromatic rings. The minimum Gasteiger partial charge on any atom is -0.467 e. The fraction of sp³-hybridized carbons (Fsp3) is 0.259. The van der Waals surface area contributed by atoms with E-state index in [1.54, 1.807) is 0 Å². The molecule has 0 saturated heterocycles. The van der Waals surface area contributed by atoms with E-state index in [2.05, 4.69) is 5.32 Å². The van der Waals surface area contributed by atoms with Crippen molar-refractivity contribution in [3.63, 3.8) is 0 Å². The normalized spacial score (nSPS) is 13.1. The lowest BCUT2D eigenvalue weighted by atomic mass is 9.68. The van der Waals surface area contributed by atoms with Crippen LogP contribution in [0.15, 0.2) is 91.0 Å². The minimum atomic E-state index is -1.12. The number of carbonyl (C=O) groups excluding carboxylic acids is 2. The molecule has 0 unspecified atom stereocenters. The third-order valence-corrected chi connectivity index (χ3v) is 5.92. The largest absolute Gasteiger partial charge is 0.467 e. The highest BCUT2D eigenvalue weighted by Gasteiger charge is 2.45. The van der Waals surface area contributed by atoms with Crippen LogP contribution in [0.25, 0.3) is 0 Å². The number of carbonyl (C=O) groups is 2. The quantitative estimate of drug-likeness (QED) is 0.428. The molecule has 0 bridgehead atoms. The number of benzene rings is 3. The van der Waals surface area contributed by atoms with Crippen molar-refractivity contribution in [3.8, 4) is 0 Å². The van der Waals surface area contributed by atoms with Crippen LogP contribution in [-0.2, 0) is 19.7 Å². The third-order valence-electron chi connectivity index (χ3n) is 5.92. The molecule has 1 N–H and O–H groups in total. The number of amides is 1. The molecule has 0 aliphatic heterocycles. The first kappa shape index (κ1) is 22.3. The van der Waals surface area contributed by atoms with Crippen molar-refractivity contribution in [2.45, 2.75) is 31.7 Å². The molecule has 4 heteroatoms. The topological polar surface area (TPSA) is 55.4 Å². The Morgan fingerprint density at radius 3 is 1.52 bits per heavy atom. The first-order valence-electron chi connectivity index (χ1n) is 10.6. The van der Waals surface area contributed by atoms with Gasteiger partial charge in [0, 0.05) is 0 Å². The highest BCUT2D eigenvalue weighted by atomic mass is 16.5. The molecule has 31 heavy (non-hydrogen) atoms. The van der Waals surface area contributed by atoms with Gasteiger partial charge in [-0.3, -0.25) is 4.79 Å². The summed E-state index contributed by atoms with van der Waals surface area (Å²) in [7, 11) is 1.35. The van der Waals surface area contributed by atoms with Gasteiger partial charge in [-0.05, 0) is 22.6 Å². The molecule has 0 saturated carbocycles. The Hall–Kier alpha value is -3.40. The van der Waals surface area contributed by atoms with Crippen molar-refractivity contribution in [2.24, 2.45) is 5.92 Å². The summed E-state index contributed by atoms with van der Waals surface area (Å²) in [5.41, 5.74) is 1.37. The Bertz CT molecular complexity index is 890. The van der Waals surface area contributed by atoms with Gasteiger partial charge in [-0.15, -0.1) is 0 Å². The maximum Gasteiger partial charge on any atom is 0.328 e. The Morgan fingerprint density at radius 2 is 1.19 bits per heavy atom. The van der Waals surface area contributed by atoms with E-state index in [-0.39, 0.29) is 11.8 Å². The molecule has 0 spiro atoms. The van der Waals surface area contributed by atoms with Gasteiger partial charge in [-0.1, -0.05) is 111 Å². The van der Waals surface area contributed by atoms with E-state index in [9.17, 15) is 9.59 Å². The third kappa shape index (κ3) is 4.38. The van der Waals surface area contributed by atoms with Crippen molar-refractivity contribution < 1.29 is 14.3 Å². The maximum absolute atomic E-state index is 14.2. The number of nitrogens with one attached hydrogen (secondary N) is 1. The number of methoxy groups -OCH3 is 1. The molecule has 3 aromatic carbocycles. The molecular formula is C27H29NO3. The SMILES string of the molecule is CC[C@@H](C)[C@@H](NC(=O)C(c1ccccc1)(c1ccccc1)c1ccccc1)C(=O)OC. The highest BCUT2D eigenvalue weighted by molar-refractivity contribution is 5.98. The van der Waals surface area contributed by atoms with Gasteiger partial charge in [0.25, 0.3) is 0 Å². The summed E-state index contributed by atoms with van der Waals surface area (Å²) in [6, 6.07) is 28.3. The summed E-state index contributed by atoms with van der Waals surface area (Å²) in [6.45, 7) is 3.93. The van der Waals surface area contributed by atoms with Crippen molar-refractivity contribution in [3.05, 3.63) is 108 Å². The van der Waals surface area contributed by atoms with Gasteiger partial charge >= 0.3 is 5.97 Å². The van der Waals surface area contributed by atoms with Gasteiger partial charge in [0.2, 0.25) is 5.91 Å². The van der Waals surface area contributed by atoms with Crippen LogP contribution < -0.4 is 5.32 Å². The monoisotopic (exact) mass is 415 g/mol. The number of rotatable bonds is 8. The molecule has 0 aliphatic carbocycles. The van der Waals surface area contributed by atoms with E-state index in [4.69, 9.17) is 4.74 Å². The molecule has 160 valence electrons. The second-order valence-corrected chi connectivity index (χ2v) is 7.71. The Morgan fingerprint density at radius 1 is 0.806 bits per heavy atom. The standard InChI is InChI=1S/C27H29NO3/c1-4-20(2)24(25(29)31-3)28-26(30)27(21-14-8-5-9-15-21,22-16-10-6-11-17-22)23-18-12-7-13-19-23/h5-20,24H,4H2,1-3H3,(H,28,30)/t20-,24-/m1/s1. The van der Waals surface area contributed by atoms with Gasteiger partial charge in [-0.25, -0.2) is 4.79 Å². The zero-order valence-electron chi connectivity index (χ0n) is 18.2. The number of hydrogen-bond acceptors (Lipinski definition) is 3. The number of ether oxygens (including phenoxy) is 1. The second kappa shape index (κ2) is 10.1. The van der Waals surface area contributed by atoms with Gasteiger partial charge < -0.3 is 10.1 Å². The highest BCUT2D eigenvalue weighted by Crippen LogP contribution is 2.39. The van der Waals surface area contributed by atoms with E-state index < -0.39 is 17.4 Å². The first-order chi connectivity index (χ1) is 15.1. The zero-order valence-corrected chi connectivity index (χ0v) is 18.2. The van der Waals surface area contributed by atoms with Crippen LogP contribution in [0.1, 0.15) is 37.0 Å². The molecule has 3 rings (SSSR count). The molecule has 0 heterocycles. The van der Waals surface area contributed by atoms with Gasteiger partial charge in [0.15, 0.2) is 0 Å². The second-order valence-electron chi connectivity index (χ2n) is 7.71. The molecule has 0 aromatic heterocycles. The van der Waals surface area contributed by atoms with Crippen LogP contribution >= 0.6 is 0 Å². The van der Waals surface area contributed by atoms with Crippen molar-refractivity contribution in [1.82, 2.24) is 5.32 Å². The molecule has 2 atom stereocenters. The fourth-order valence-corrected chi connectivity index (χ4v) is 4.00. The fourth-order valence-electron chi connectivity index (χ4n) is 4.00. The molecule has 0 aliphatic rings. The number of esters is 1. The van der Waals surface area contributed by atoms with E-state index in [1.807, 2.05) is 105 Å². The first-order valence-corrected chi connectivity index (χ1v) is 10.6. The van der Waals surface area contributed by atoms with Crippen LogP contribution in [-0.4, -0.2) is 25.0 Å². The van der Waals surface area contributed by atoms with Crippen LogP contribution in [0.5, 0.6) is 0 Å². The summed E-state index contributed by atoms with van der Waals surface area (Å²) in [5, 5.41) is 3.04. The van der Waals surface area contributed by atoms with Crippen molar-refractivity contribution >= 4 is 11.9 Å². The van der Waals surface area contributed by atoms with Gasteiger partial charge in [-0.2, -0.15) is 0 Å². The van der Waals surface area contributed by atoms with Crippen LogP contribution in [0.2, 0.25) is 0 Å². The van der Waals surface area contributed by atoms with Crippen molar-refractivity contribution in [2.75, 3.05) is 7.11 Å². The predicted octanol–water partition coefficient (Wildman–Crippen LogP) is 4.72. The van der Waals surface area contributed by atoms with Crippen LogP contribution in [0.3, 0.4) is 0 Å². The molecule has 0 fully saturated rings. The van der Waals surface area contributed by atoms with E-state index in [0.717, 1.165) is 23.1 Å². The average molecular weight is 416 g/mol. The van der Waals surface area contributed by atoms with E-state index in [0.29, 0.717) is 0 Å². The Balaban J connectivity index is 2.25. The minimum absolute atomic E-state index is 0.0728. The van der Waals surface area contributed by atoms with Gasteiger partial charge in [0.05, 0.1) is 7.11 Å². The Kier molecular flexibility index (Phi) is 7.24. The summed E-state index contributed by atoms with van der Waals surface area (Å²) >= 11 is 0. The number of hydrogen-bond donors (Lipinski definition) is 1. The summed E-state index contributed by atoms with van der Waals surface area (Å²) in [5.74, 6) is -0.769. The van der Waals surface area contributed by atoms with Crippen LogP contribution in [0.4, 0.5) is 0 Å². The summed E-state index contributed by atoms with van der Waals surface area (Å²) in [6.07, 6.45) is 0.731. The lowest BCUT2D eigenvalue weighted by Crippen LogP contribution is -2.54. The summed E-state index contributed by atoms with van der Waals surface area (Å²) in [4.78, 5) is 26.7. The molecule has 4 nitrogen and oxygen atoms in total. The lowest BCUT2D eigenvalue weighted by molar-refractivity contribution is -0.147. The predicted molar refractivity (Wildman–Crippen MR) is 123 cm³/mol. The van der Waals surface area contributed by atoms with E-state index in [1.165, 1.54) is 7.11 Å². The Labute approximate surface area is 184 Å². The zero-order chi connectivity index (χ0) is 22.3. The van der Waals surface area contributed by atoms with Crippen LogP contribution in [0, 0.1) is 5.92 Å².